The number of carbonyl (C=O) groups is 2. The minimum absolute atomic E-state index is 0.00299. The van der Waals surface area contributed by atoms with E-state index in [4.69, 9.17) is 0 Å². The van der Waals surface area contributed by atoms with E-state index in [0.717, 1.165) is 24.0 Å². The summed E-state index contributed by atoms with van der Waals surface area (Å²) < 4.78 is 2.16. The van der Waals surface area contributed by atoms with Crippen LogP contribution in [0.5, 0.6) is 0 Å². The predicted molar refractivity (Wildman–Crippen MR) is 93.6 cm³/mol. The van der Waals surface area contributed by atoms with Gasteiger partial charge in [0, 0.05) is 13.1 Å². The number of Topliss-reactive ketones (excluding diaryl/α,β-unsaturated/α-hetero) is 1. The van der Waals surface area contributed by atoms with Crippen LogP contribution in [0, 0.1) is 0 Å². The van der Waals surface area contributed by atoms with Crippen molar-refractivity contribution in [3.8, 4) is 0 Å². The molecule has 0 spiro atoms. The molecule has 5 nitrogen and oxygen atoms in total. The van der Waals surface area contributed by atoms with Crippen LogP contribution in [-0.2, 0) is 0 Å². The summed E-state index contributed by atoms with van der Waals surface area (Å²) >= 11 is 1.28. The lowest BCUT2D eigenvalue weighted by atomic mass is 10.2. The van der Waals surface area contributed by atoms with Crippen molar-refractivity contribution in [3.05, 3.63) is 52.5 Å². The predicted octanol–water partition coefficient (Wildman–Crippen LogP) is 3.39. The molecule has 1 fully saturated rings. The first-order valence-electron chi connectivity index (χ1n) is 7.95. The van der Waals surface area contributed by atoms with Crippen molar-refractivity contribution in [2.24, 2.45) is 0 Å². The lowest BCUT2D eigenvalue weighted by Gasteiger charge is -2.16. The molecular weight excluding hydrogens is 322 g/mol. The Hall–Kier alpha value is -2.47. The van der Waals surface area contributed by atoms with Crippen molar-refractivity contribution in [2.75, 3.05) is 13.1 Å². The highest BCUT2D eigenvalue weighted by atomic mass is 32.1. The van der Waals surface area contributed by atoms with Gasteiger partial charge in [-0.1, -0.05) is 12.1 Å². The summed E-state index contributed by atoms with van der Waals surface area (Å²) in [5, 5.41) is 0. The van der Waals surface area contributed by atoms with E-state index in [1.165, 1.54) is 18.3 Å². The third-order valence-electron chi connectivity index (χ3n) is 4.49. The molecular formula is C18H17N3O2S. The van der Waals surface area contributed by atoms with Crippen LogP contribution in [0.4, 0.5) is 0 Å². The highest BCUT2D eigenvalue weighted by Crippen LogP contribution is 2.28. The zero-order chi connectivity index (χ0) is 16.7. The first-order chi connectivity index (χ1) is 11.6. The van der Waals surface area contributed by atoms with Gasteiger partial charge in [0.2, 0.25) is 0 Å². The van der Waals surface area contributed by atoms with E-state index in [9.17, 15) is 9.59 Å². The highest BCUT2D eigenvalue weighted by Gasteiger charge is 2.29. The Morgan fingerprint density at radius 2 is 1.96 bits per heavy atom. The molecule has 24 heavy (non-hydrogen) atoms. The van der Waals surface area contributed by atoms with Crippen LogP contribution < -0.4 is 0 Å². The molecule has 0 radical (unpaired) electrons. The van der Waals surface area contributed by atoms with Crippen LogP contribution in [-0.4, -0.2) is 39.2 Å². The lowest BCUT2D eigenvalue weighted by molar-refractivity contribution is 0.0792. The average molecular weight is 339 g/mol. The van der Waals surface area contributed by atoms with Crippen LogP contribution in [0.25, 0.3) is 11.0 Å². The minimum Gasteiger partial charge on any atom is -0.336 e. The molecule has 0 aliphatic carbocycles. The van der Waals surface area contributed by atoms with Gasteiger partial charge >= 0.3 is 0 Å². The minimum atomic E-state index is 0.00299. The molecule has 6 heteroatoms. The number of aromatic nitrogens is 2. The number of thiophene rings is 1. The normalized spacial score (nSPS) is 17.5. The number of para-hydroxylation sites is 2. The summed E-state index contributed by atoms with van der Waals surface area (Å²) in [6, 6.07) is 11.8. The van der Waals surface area contributed by atoms with Gasteiger partial charge in [0.05, 0.1) is 33.2 Å². The van der Waals surface area contributed by atoms with Crippen molar-refractivity contribution >= 4 is 34.1 Å². The molecule has 2 aromatic heterocycles. The maximum Gasteiger partial charge on any atom is 0.264 e. The molecule has 3 heterocycles. The number of ketones is 1. The van der Waals surface area contributed by atoms with Gasteiger partial charge in [-0.2, -0.15) is 0 Å². The number of hydrogen-bond acceptors (Lipinski definition) is 4. The number of imidazole rings is 1. The molecule has 0 unspecified atom stereocenters. The Bertz CT molecular complexity index is 927. The number of rotatable bonds is 3. The second-order valence-corrected chi connectivity index (χ2v) is 7.14. The number of benzene rings is 1. The molecule has 122 valence electrons. The number of likely N-dealkylation sites (tertiary alicyclic amines) is 1. The van der Waals surface area contributed by atoms with Crippen LogP contribution in [0.3, 0.4) is 0 Å². The van der Waals surface area contributed by atoms with E-state index in [-0.39, 0.29) is 17.7 Å². The highest BCUT2D eigenvalue weighted by molar-refractivity contribution is 7.15. The van der Waals surface area contributed by atoms with Gasteiger partial charge in [-0.3, -0.25) is 9.59 Å². The smallest absolute Gasteiger partial charge is 0.264 e. The Balaban J connectivity index is 1.53. The second-order valence-electron chi connectivity index (χ2n) is 6.05. The Morgan fingerprint density at radius 3 is 2.75 bits per heavy atom. The van der Waals surface area contributed by atoms with Gasteiger partial charge in [0.1, 0.15) is 0 Å². The molecule has 1 aliphatic heterocycles. The summed E-state index contributed by atoms with van der Waals surface area (Å²) in [4.78, 5) is 31.6. The van der Waals surface area contributed by atoms with Crippen molar-refractivity contribution in [1.29, 1.82) is 0 Å². The summed E-state index contributed by atoms with van der Waals surface area (Å²) in [5.41, 5.74) is 2.08. The fourth-order valence-corrected chi connectivity index (χ4v) is 4.09. The summed E-state index contributed by atoms with van der Waals surface area (Å²) in [7, 11) is 0. The Kier molecular flexibility index (Phi) is 3.69. The first kappa shape index (κ1) is 15.1. The molecule has 0 saturated carbocycles. The van der Waals surface area contributed by atoms with Crippen molar-refractivity contribution in [2.45, 2.75) is 19.4 Å². The quantitative estimate of drug-likeness (QED) is 0.687. The van der Waals surface area contributed by atoms with Crippen LogP contribution in [0.15, 0.2) is 42.7 Å². The number of nitrogens with zero attached hydrogens (tertiary/aromatic N) is 3. The van der Waals surface area contributed by atoms with Gasteiger partial charge < -0.3 is 9.47 Å². The number of fused-ring (bicyclic) bond motifs is 1. The Morgan fingerprint density at radius 1 is 1.17 bits per heavy atom. The van der Waals surface area contributed by atoms with E-state index < -0.39 is 0 Å². The third kappa shape index (κ3) is 2.53. The molecule has 1 atom stereocenters. The molecule has 0 bridgehead atoms. The fourth-order valence-electron chi connectivity index (χ4n) is 3.22. The van der Waals surface area contributed by atoms with E-state index in [1.54, 1.807) is 12.1 Å². The van der Waals surface area contributed by atoms with Gasteiger partial charge in [-0.15, -0.1) is 11.3 Å². The number of carbonyl (C=O) groups excluding carboxylic acids is 2. The van der Waals surface area contributed by atoms with E-state index in [2.05, 4.69) is 15.6 Å². The monoisotopic (exact) mass is 339 g/mol. The van der Waals surface area contributed by atoms with Crippen LogP contribution in [0.1, 0.15) is 38.7 Å². The molecule has 3 aromatic rings. The zero-order valence-electron chi connectivity index (χ0n) is 13.3. The van der Waals surface area contributed by atoms with Crippen LogP contribution in [0.2, 0.25) is 0 Å². The Labute approximate surface area is 143 Å². The molecule has 1 aromatic carbocycles. The summed E-state index contributed by atoms with van der Waals surface area (Å²) in [5.74, 6) is 0.0163. The van der Waals surface area contributed by atoms with E-state index in [0.29, 0.717) is 16.3 Å². The summed E-state index contributed by atoms with van der Waals surface area (Å²) in [6.07, 6.45) is 2.78. The largest absolute Gasteiger partial charge is 0.336 e. The van der Waals surface area contributed by atoms with Crippen molar-refractivity contribution in [1.82, 2.24) is 14.5 Å². The van der Waals surface area contributed by atoms with Crippen LogP contribution >= 0.6 is 11.3 Å². The maximum absolute atomic E-state index is 12.7. The van der Waals surface area contributed by atoms with Crippen molar-refractivity contribution < 1.29 is 9.59 Å². The first-order valence-corrected chi connectivity index (χ1v) is 8.77. The molecule has 4 rings (SSSR count). The molecule has 1 amide bonds. The molecule has 1 saturated heterocycles. The molecule has 1 aliphatic rings. The average Bonchev–Trinajstić information content (AvgIpc) is 3.32. The second kappa shape index (κ2) is 5.87. The van der Waals surface area contributed by atoms with Gasteiger partial charge in [0.25, 0.3) is 5.91 Å². The SMILES string of the molecule is CC(=O)c1ccc(C(=O)N2CC[C@@H](n3cnc4ccccc43)C2)s1. The van der Waals surface area contributed by atoms with Gasteiger partial charge in [-0.25, -0.2) is 4.98 Å². The van der Waals surface area contributed by atoms with E-state index in [1.807, 2.05) is 29.4 Å². The number of hydrogen-bond donors (Lipinski definition) is 0. The number of amides is 1. The van der Waals surface area contributed by atoms with Crippen molar-refractivity contribution in [3.63, 3.8) is 0 Å². The zero-order valence-corrected chi connectivity index (χ0v) is 14.1. The maximum atomic E-state index is 12.7. The standard InChI is InChI=1S/C18H17N3O2S/c1-12(22)16-6-7-17(24-16)18(23)20-9-8-13(10-20)21-11-19-14-4-2-3-5-15(14)21/h2-7,11,13H,8-10H2,1H3/t13-/m1/s1. The van der Waals surface area contributed by atoms with Gasteiger partial charge in [-0.05, 0) is 37.6 Å². The summed E-state index contributed by atoms with van der Waals surface area (Å²) in [6.45, 7) is 2.92. The molecule has 0 N–H and O–H groups in total. The fraction of sp³-hybridized carbons (Fsp3) is 0.278. The topological polar surface area (TPSA) is 55.2 Å². The van der Waals surface area contributed by atoms with Gasteiger partial charge in [0.15, 0.2) is 5.78 Å². The van der Waals surface area contributed by atoms with E-state index >= 15 is 0 Å². The third-order valence-corrected chi connectivity index (χ3v) is 5.66. The lowest BCUT2D eigenvalue weighted by Crippen LogP contribution is -2.28.